The molecule has 3 nitrogen and oxygen atoms in total. The Morgan fingerprint density at radius 1 is 1.57 bits per heavy atom. The lowest BCUT2D eigenvalue weighted by molar-refractivity contribution is 0.181. The van der Waals surface area contributed by atoms with Gasteiger partial charge in [-0.05, 0) is 23.8 Å². The molecule has 0 amide bonds. The van der Waals surface area contributed by atoms with Crippen LogP contribution in [0.3, 0.4) is 0 Å². The second kappa shape index (κ2) is 4.70. The maximum absolute atomic E-state index is 13.0. The molecule has 2 N–H and O–H groups in total. The molecule has 4 heteroatoms. The van der Waals surface area contributed by atoms with E-state index in [1.165, 1.54) is 19.2 Å². The average Bonchev–Trinajstić information content (AvgIpc) is 2.17. The molecule has 0 bridgehead atoms. The minimum atomic E-state index is -0.453. The Morgan fingerprint density at radius 3 is 2.86 bits per heavy atom. The molecule has 0 saturated carbocycles. The van der Waals surface area contributed by atoms with Crippen LogP contribution in [0.5, 0.6) is 0 Å². The van der Waals surface area contributed by atoms with Crippen LogP contribution in [0, 0.1) is 17.1 Å². The number of ether oxygens (including phenoxy) is 1. The van der Waals surface area contributed by atoms with E-state index in [4.69, 9.17) is 15.7 Å². The normalized spacial score (nSPS) is 12.1. The molecule has 0 aliphatic rings. The zero-order chi connectivity index (χ0) is 10.6. The molecule has 0 fully saturated rings. The lowest BCUT2D eigenvalue weighted by Crippen LogP contribution is -2.16. The Balaban J connectivity index is 2.98. The number of rotatable bonds is 3. The van der Waals surface area contributed by atoms with Gasteiger partial charge in [0.2, 0.25) is 0 Å². The Morgan fingerprint density at radius 2 is 2.29 bits per heavy atom. The van der Waals surface area contributed by atoms with Crippen molar-refractivity contribution in [3.63, 3.8) is 0 Å². The Labute approximate surface area is 81.9 Å². The van der Waals surface area contributed by atoms with Crippen LogP contribution < -0.4 is 5.73 Å². The van der Waals surface area contributed by atoms with Gasteiger partial charge < -0.3 is 10.5 Å². The van der Waals surface area contributed by atoms with Crippen LogP contribution in [0.2, 0.25) is 0 Å². The van der Waals surface area contributed by atoms with Crippen molar-refractivity contribution in [3.8, 4) is 6.07 Å². The zero-order valence-electron chi connectivity index (χ0n) is 7.83. The molecular weight excluding hydrogens is 183 g/mol. The summed E-state index contributed by atoms with van der Waals surface area (Å²) < 4.78 is 17.8. The van der Waals surface area contributed by atoms with Crippen LogP contribution in [-0.2, 0) is 4.74 Å². The summed E-state index contributed by atoms with van der Waals surface area (Å²) in [5.74, 6) is -0.453. The first kappa shape index (κ1) is 10.6. The Hall–Kier alpha value is -1.44. The first-order valence-electron chi connectivity index (χ1n) is 4.12. The minimum absolute atomic E-state index is 0.270. The van der Waals surface area contributed by atoms with Gasteiger partial charge in [-0.1, -0.05) is 0 Å². The van der Waals surface area contributed by atoms with E-state index >= 15 is 0 Å². The van der Waals surface area contributed by atoms with Crippen molar-refractivity contribution in [2.45, 2.75) is 6.04 Å². The van der Waals surface area contributed by atoms with Crippen LogP contribution in [-0.4, -0.2) is 13.7 Å². The zero-order valence-corrected chi connectivity index (χ0v) is 7.83. The molecule has 0 aliphatic heterocycles. The molecule has 0 saturated heterocycles. The Bertz CT molecular complexity index is 360. The number of methoxy groups -OCH3 is 1. The third kappa shape index (κ3) is 2.52. The van der Waals surface area contributed by atoms with Crippen LogP contribution in [0.1, 0.15) is 17.2 Å². The fourth-order valence-corrected chi connectivity index (χ4v) is 1.17. The molecule has 0 unspecified atom stereocenters. The van der Waals surface area contributed by atoms with Gasteiger partial charge in [0, 0.05) is 7.11 Å². The number of hydrogen-bond acceptors (Lipinski definition) is 3. The van der Waals surface area contributed by atoms with E-state index in [0.29, 0.717) is 12.2 Å². The summed E-state index contributed by atoms with van der Waals surface area (Å²) in [6.45, 7) is 0.300. The third-order valence-corrected chi connectivity index (χ3v) is 1.82. The van der Waals surface area contributed by atoms with Crippen molar-refractivity contribution in [2.75, 3.05) is 13.7 Å². The molecule has 74 valence electrons. The fourth-order valence-electron chi connectivity index (χ4n) is 1.17. The molecule has 1 aromatic carbocycles. The standard InChI is InChI=1S/C10H11FN2O/c1-14-6-10(13)8-2-7(5-12)3-9(11)4-8/h2-4,10H,6,13H2,1H3/t10-/m0/s1. The Kier molecular flexibility index (Phi) is 3.57. The average molecular weight is 194 g/mol. The predicted octanol–water partition coefficient (Wildman–Crippen LogP) is 1.34. The summed E-state index contributed by atoms with van der Waals surface area (Å²) in [7, 11) is 1.52. The van der Waals surface area contributed by atoms with Gasteiger partial charge in [0.25, 0.3) is 0 Å². The van der Waals surface area contributed by atoms with E-state index < -0.39 is 11.9 Å². The highest BCUT2D eigenvalue weighted by Crippen LogP contribution is 2.14. The highest BCUT2D eigenvalue weighted by atomic mass is 19.1. The topological polar surface area (TPSA) is 59.0 Å². The number of hydrogen-bond donors (Lipinski definition) is 1. The summed E-state index contributed by atoms with van der Waals surface area (Å²) in [4.78, 5) is 0. The van der Waals surface area contributed by atoms with Gasteiger partial charge in [0.1, 0.15) is 5.82 Å². The van der Waals surface area contributed by atoms with E-state index in [1.807, 2.05) is 6.07 Å². The van der Waals surface area contributed by atoms with Crippen LogP contribution in [0.4, 0.5) is 4.39 Å². The molecule has 1 rings (SSSR count). The third-order valence-electron chi connectivity index (χ3n) is 1.82. The molecule has 0 radical (unpaired) electrons. The molecule has 1 aromatic rings. The van der Waals surface area contributed by atoms with Gasteiger partial charge in [-0.25, -0.2) is 4.39 Å². The number of nitrogens with zero attached hydrogens (tertiary/aromatic N) is 1. The van der Waals surface area contributed by atoms with Crippen molar-refractivity contribution in [1.82, 2.24) is 0 Å². The molecule has 0 aliphatic carbocycles. The monoisotopic (exact) mass is 194 g/mol. The minimum Gasteiger partial charge on any atom is -0.383 e. The smallest absolute Gasteiger partial charge is 0.124 e. The summed E-state index contributed by atoms with van der Waals surface area (Å²) >= 11 is 0. The fraction of sp³-hybridized carbons (Fsp3) is 0.300. The van der Waals surface area contributed by atoms with Crippen molar-refractivity contribution < 1.29 is 9.13 Å². The summed E-state index contributed by atoms with van der Waals surface area (Å²) in [6.07, 6.45) is 0. The van der Waals surface area contributed by atoms with E-state index in [-0.39, 0.29) is 5.56 Å². The van der Waals surface area contributed by atoms with Crippen molar-refractivity contribution in [3.05, 3.63) is 35.1 Å². The lowest BCUT2D eigenvalue weighted by atomic mass is 10.1. The van der Waals surface area contributed by atoms with Gasteiger partial charge in [-0.3, -0.25) is 0 Å². The molecule has 0 heterocycles. The van der Waals surface area contributed by atoms with Gasteiger partial charge in [-0.2, -0.15) is 5.26 Å². The van der Waals surface area contributed by atoms with Crippen molar-refractivity contribution in [1.29, 1.82) is 5.26 Å². The number of halogens is 1. The quantitative estimate of drug-likeness (QED) is 0.789. The van der Waals surface area contributed by atoms with Crippen molar-refractivity contribution >= 4 is 0 Å². The SMILES string of the molecule is COC[C@H](N)c1cc(F)cc(C#N)c1. The summed E-state index contributed by atoms with van der Waals surface area (Å²) in [5, 5.41) is 8.61. The van der Waals surface area contributed by atoms with Crippen LogP contribution in [0.25, 0.3) is 0 Å². The summed E-state index contributed by atoms with van der Waals surface area (Å²) in [6, 6.07) is 5.51. The molecule has 1 atom stereocenters. The first-order valence-corrected chi connectivity index (χ1v) is 4.12. The largest absolute Gasteiger partial charge is 0.383 e. The van der Waals surface area contributed by atoms with Gasteiger partial charge in [0.05, 0.1) is 24.3 Å². The molecule has 0 spiro atoms. The maximum atomic E-state index is 13.0. The lowest BCUT2D eigenvalue weighted by Gasteiger charge is -2.10. The molecule has 0 aromatic heterocycles. The van der Waals surface area contributed by atoms with E-state index in [0.717, 1.165) is 0 Å². The second-order valence-electron chi connectivity index (χ2n) is 2.95. The van der Waals surface area contributed by atoms with Gasteiger partial charge in [-0.15, -0.1) is 0 Å². The van der Waals surface area contributed by atoms with Crippen LogP contribution >= 0.6 is 0 Å². The highest BCUT2D eigenvalue weighted by Gasteiger charge is 2.08. The second-order valence-corrected chi connectivity index (χ2v) is 2.95. The number of benzene rings is 1. The van der Waals surface area contributed by atoms with E-state index in [9.17, 15) is 4.39 Å². The van der Waals surface area contributed by atoms with Crippen LogP contribution in [0.15, 0.2) is 18.2 Å². The number of nitrogens with two attached hydrogens (primary N) is 1. The summed E-state index contributed by atoms with van der Waals surface area (Å²) in [5.41, 5.74) is 6.54. The molecule has 14 heavy (non-hydrogen) atoms. The molecular formula is C10H11FN2O. The van der Waals surface area contributed by atoms with Gasteiger partial charge >= 0.3 is 0 Å². The highest BCUT2D eigenvalue weighted by molar-refractivity contribution is 5.34. The van der Waals surface area contributed by atoms with E-state index in [2.05, 4.69) is 0 Å². The van der Waals surface area contributed by atoms with Gasteiger partial charge in [0.15, 0.2) is 0 Å². The number of nitriles is 1. The predicted molar refractivity (Wildman–Crippen MR) is 49.9 cm³/mol. The van der Waals surface area contributed by atoms with Crippen molar-refractivity contribution in [2.24, 2.45) is 5.73 Å². The first-order chi connectivity index (χ1) is 6.67. The van der Waals surface area contributed by atoms with E-state index in [1.54, 1.807) is 6.07 Å². The maximum Gasteiger partial charge on any atom is 0.124 e.